The van der Waals surface area contributed by atoms with Crippen molar-refractivity contribution in [1.29, 1.82) is 0 Å². The Morgan fingerprint density at radius 2 is 1.76 bits per heavy atom. The Hall–Kier alpha value is -2.06. The van der Waals surface area contributed by atoms with Gasteiger partial charge in [0.25, 0.3) is 0 Å². The normalized spacial score (nSPS) is 16.8. The van der Waals surface area contributed by atoms with Gasteiger partial charge in [-0.3, -0.25) is 9.59 Å². The van der Waals surface area contributed by atoms with Crippen LogP contribution in [0.2, 0.25) is 0 Å². The Kier molecular flexibility index (Phi) is 12.2. The van der Waals surface area contributed by atoms with Crippen molar-refractivity contribution in [2.24, 2.45) is 0 Å². The van der Waals surface area contributed by atoms with Crippen molar-refractivity contribution < 1.29 is 31.2 Å². The molecule has 1 aliphatic rings. The Bertz CT molecular complexity index is 1140. The number of sulfonamides is 1. The minimum atomic E-state index is -3.60. The zero-order chi connectivity index (χ0) is 28.4. The number of unbranched alkanes of at least 4 members (excludes halogenated alkanes) is 1. The summed E-state index contributed by atoms with van der Waals surface area (Å²) in [4.78, 5) is 25.7. The highest BCUT2D eigenvalue weighted by atomic mass is 32.2. The van der Waals surface area contributed by atoms with Crippen LogP contribution in [0.1, 0.15) is 38.7 Å². The summed E-state index contributed by atoms with van der Waals surface area (Å²) in [5.41, 5.74) is 0.917. The van der Waals surface area contributed by atoms with E-state index in [1.165, 1.54) is 17.7 Å². The molecule has 2 N–H and O–H groups in total. The molecule has 0 radical (unpaired) electrons. The first kappa shape index (κ1) is 32.2. The molecule has 0 spiro atoms. The Labute approximate surface area is 227 Å². The van der Waals surface area contributed by atoms with E-state index in [2.05, 4.69) is 29.2 Å². The summed E-state index contributed by atoms with van der Waals surface area (Å²) in [6, 6.07) is 7.00. The van der Waals surface area contributed by atoms with Crippen LogP contribution in [0.3, 0.4) is 0 Å². The van der Waals surface area contributed by atoms with Gasteiger partial charge in [0, 0.05) is 38.0 Å². The van der Waals surface area contributed by atoms with Crippen LogP contribution >= 0.6 is 0 Å². The summed E-state index contributed by atoms with van der Waals surface area (Å²) in [6.07, 6.45) is 4.52. The summed E-state index contributed by atoms with van der Waals surface area (Å²) in [5.74, 6) is -0.866. The maximum absolute atomic E-state index is 12.6. The smallest absolute Gasteiger partial charge is 0.319 e. The number of piperazine rings is 1. The number of ether oxygens (including phenoxy) is 1. The number of nitrogens with one attached hydrogen (secondary N) is 2. The fourth-order valence-electron chi connectivity index (χ4n) is 4.19. The van der Waals surface area contributed by atoms with E-state index >= 15 is 0 Å². The van der Waals surface area contributed by atoms with Crippen LogP contribution in [0.4, 0.5) is 0 Å². The monoisotopic (exact) mass is 574 g/mol. The van der Waals surface area contributed by atoms with Crippen molar-refractivity contribution in [3.8, 4) is 0 Å². The molecule has 1 aromatic carbocycles. The molecule has 216 valence electrons. The van der Waals surface area contributed by atoms with Gasteiger partial charge in [-0.2, -0.15) is 4.31 Å². The molecule has 13 heteroatoms. The number of carbonyl (C=O) groups is 2. The lowest BCUT2D eigenvalue weighted by Crippen LogP contribution is -2.53. The zero-order valence-electron chi connectivity index (χ0n) is 22.9. The van der Waals surface area contributed by atoms with Gasteiger partial charge in [-0.15, -0.1) is 0 Å². The molecule has 1 atom stereocenters. The van der Waals surface area contributed by atoms with Crippen LogP contribution in [0.5, 0.6) is 0 Å². The molecule has 0 aliphatic carbocycles. The highest BCUT2D eigenvalue weighted by Gasteiger charge is 2.31. The second kappa shape index (κ2) is 14.4. The molecule has 38 heavy (non-hydrogen) atoms. The molecular formula is C25H42N4O7S2. The van der Waals surface area contributed by atoms with Crippen molar-refractivity contribution in [3.63, 3.8) is 0 Å². The van der Waals surface area contributed by atoms with Crippen LogP contribution in [0.15, 0.2) is 29.2 Å². The largest absolute Gasteiger partial charge is 0.468 e. The van der Waals surface area contributed by atoms with E-state index in [4.69, 9.17) is 0 Å². The van der Waals surface area contributed by atoms with Crippen molar-refractivity contribution in [2.45, 2.75) is 50.0 Å². The van der Waals surface area contributed by atoms with E-state index in [9.17, 15) is 26.4 Å². The third-order valence-electron chi connectivity index (χ3n) is 6.84. The topological polar surface area (TPSA) is 142 Å². The average molecular weight is 575 g/mol. The lowest BCUT2D eigenvalue weighted by molar-refractivity contribution is -0.139. The fraction of sp³-hybridized carbons (Fsp3) is 0.680. The summed E-state index contributed by atoms with van der Waals surface area (Å²) in [7, 11) is -5.55. The van der Waals surface area contributed by atoms with Crippen molar-refractivity contribution in [3.05, 3.63) is 29.8 Å². The molecular weight excluding hydrogens is 532 g/mol. The SMILES string of the molecule is CCC(C)(Cc1ccc(S(C)(=O)=O)cc1)NCCCCN1CCN(S(=O)(=O)CCNCC(=O)OC)CC1=O. The van der Waals surface area contributed by atoms with Crippen LogP contribution in [0.25, 0.3) is 0 Å². The molecule has 2 rings (SSSR count). The van der Waals surface area contributed by atoms with E-state index in [1.54, 1.807) is 17.0 Å². The van der Waals surface area contributed by atoms with E-state index < -0.39 is 25.8 Å². The van der Waals surface area contributed by atoms with Gasteiger partial charge in [-0.1, -0.05) is 19.1 Å². The number of nitrogens with zero attached hydrogens (tertiary/aromatic N) is 2. The minimum absolute atomic E-state index is 0.0660. The molecule has 1 aliphatic heterocycles. The van der Waals surface area contributed by atoms with Crippen molar-refractivity contribution >= 4 is 31.7 Å². The highest BCUT2D eigenvalue weighted by Crippen LogP contribution is 2.19. The number of esters is 1. The lowest BCUT2D eigenvalue weighted by Gasteiger charge is -2.34. The maximum atomic E-state index is 12.6. The van der Waals surface area contributed by atoms with Gasteiger partial charge in [-0.25, -0.2) is 16.8 Å². The number of methoxy groups -OCH3 is 1. The number of benzene rings is 1. The number of sulfone groups is 1. The standard InChI is InChI=1S/C25H42N4O7S2/c1-5-25(2,18-21-8-10-22(11-9-21)37(4,32)33)27-12-6-7-14-28-15-16-29(20-23(28)30)38(34,35)17-13-26-19-24(31)36-3/h8-11,26-27H,5-7,12-20H2,1-4H3. The zero-order valence-corrected chi connectivity index (χ0v) is 24.5. The summed E-state index contributed by atoms with van der Waals surface area (Å²) in [5, 5.41) is 6.33. The quantitative estimate of drug-likeness (QED) is 0.212. The maximum Gasteiger partial charge on any atom is 0.319 e. The first-order chi connectivity index (χ1) is 17.8. The highest BCUT2D eigenvalue weighted by molar-refractivity contribution is 7.90. The molecule has 0 saturated carbocycles. The van der Waals surface area contributed by atoms with E-state index in [0.717, 1.165) is 37.8 Å². The number of rotatable bonds is 16. The van der Waals surface area contributed by atoms with Gasteiger partial charge in [0.1, 0.15) is 0 Å². The van der Waals surface area contributed by atoms with Crippen LogP contribution in [-0.2, 0) is 40.6 Å². The molecule has 1 saturated heterocycles. The van der Waals surface area contributed by atoms with Crippen LogP contribution in [-0.4, -0.2) is 108 Å². The van der Waals surface area contributed by atoms with Crippen molar-refractivity contribution in [2.75, 3.05) is 64.9 Å². The molecule has 11 nitrogen and oxygen atoms in total. The Morgan fingerprint density at radius 1 is 1.08 bits per heavy atom. The lowest BCUT2D eigenvalue weighted by atomic mass is 9.90. The Morgan fingerprint density at radius 3 is 2.34 bits per heavy atom. The molecule has 1 fully saturated rings. The summed E-state index contributed by atoms with van der Waals surface area (Å²) >= 11 is 0. The fourth-order valence-corrected chi connectivity index (χ4v) is 6.15. The second-order valence-electron chi connectivity index (χ2n) is 9.92. The van der Waals surface area contributed by atoms with E-state index in [0.29, 0.717) is 18.0 Å². The van der Waals surface area contributed by atoms with Crippen LogP contribution < -0.4 is 10.6 Å². The summed E-state index contributed by atoms with van der Waals surface area (Å²) < 4.78 is 54.1. The molecule has 1 amide bonds. The third-order valence-corrected chi connectivity index (χ3v) is 9.79. The van der Waals surface area contributed by atoms with Gasteiger partial charge >= 0.3 is 5.97 Å². The number of hydrogen-bond donors (Lipinski definition) is 2. The van der Waals surface area contributed by atoms with Gasteiger partial charge in [0.2, 0.25) is 15.9 Å². The first-order valence-electron chi connectivity index (χ1n) is 12.9. The molecule has 0 bridgehead atoms. The molecule has 1 unspecified atom stereocenters. The molecule has 1 heterocycles. The predicted molar refractivity (Wildman–Crippen MR) is 146 cm³/mol. The second-order valence-corrected chi connectivity index (χ2v) is 14.0. The van der Waals surface area contributed by atoms with Gasteiger partial charge < -0.3 is 20.3 Å². The van der Waals surface area contributed by atoms with Gasteiger partial charge in [-0.05, 0) is 56.8 Å². The first-order valence-corrected chi connectivity index (χ1v) is 16.4. The number of amides is 1. The van der Waals surface area contributed by atoms with Crippen LogP contribution in [0, 0.1) is 0 Å². The number of hydrogen-bond acceptors (Lipinski definition) is 9. The predicted octanol–water partition coefficient (Wildman–Crippen LogP) is 0.408. The van der Waals surface area contributed by atoms with Crippen molar-refractivity contribution in [1.82, 2.24) is 19.8 Å². The molecule has 0 aromatic heterocycles. The van der Waals surface area contributed by atoms with Gasteiger partial charge in [0.15, 0.2) is 9.84 Å². The molecule has 1 aromatic rings. The average Bonchev–Trinajstić information content (AvgIpc) is 2.86. The third kappa shape index (κ3) is 10.3. The van der Waals surface area contributed by atoms with E-state index in [1.807, 2.05) is 12.1 Å². The Balaban J connectivity index is 1.72. The van der Waals surface area contributed by atoms with E-state index in [-0.39, 0.29) is 43.4 Å². The van der Waals surface area contributed by atoms with Gasteiger partial charge in [0.05, 0.1) is 30.8 Å². The number of carbonyl (C=O) groups excluding carboxylic acids is 2. The minimum Gasteiger partial charge on any atom is -0.468 e. The summed E-state index contributed by atoms with van der Waals surface area (Å²) in [6.45, 7) is 6.09.